The molecule has 0 radical (unpaired) electrons. The van der Waals surface area contributed by atoms with Gasteiger partial charge in [0, 0.05) is 13.1 Å². The van der Waals surface area contributed by atoms with Crippen molar-refractivity contribution in [3.8, 4) is 0 Å². The van der Waals surface area contributed by atoms with E-state index in [-0.39, 0.29) is 0 Å². The molecule has 1 N–H and O–H groups in total. The van der Waals surface area contributed by atoms with Crippen LogP contribution in [0.4, 0.5) is 0 Å². The molecule has 1 atom stereocenters. The summed E-state index contributed by atoms with van der Waals surface area (Å²) < 4.78 is 0. The fourth-order valence-electron chi connectivity index (χ4n) is 2.58. The van der Waals surface area contributed by atoms with Gasteiger partial charge >= 0.3 is 0 Å². The second kappa shape index (κ2) is 4.98. The Bertz CT molecular complexity index is 319. The Labute approximate surface area is 97.9 Å². The molecule has 2 rings (SSSR count). The number of nitrogens with zero attached hydrogens (tertiary/aromatic N) is 1. The first-order valence-electron chi connectivity index (χ1n) is 6.30. The highest BCUT2D eigenvalue weighted by Crippen LogP contribution is 2.31. The molecule has 1 fully saturated rings. The third-order valence-corrected chi connectivity index (χ3v) is 3.61. The highest BCUT2D eigenvalue weighted by Gasteiger charge is 2.34. The van der Waals surface area contributed by atoms with Gasteiger partial charge in [0.25, 0.3) is 0 Å². The fourth-order valence-corrected chi connectivity index (χ4v) is 2.58. The van der Waals surface area contributed by atoms with Gasteiger partial charge in [-0.05, 0) is 24.8 Å². The Balaban J connectivity index is 2.24. The number of likely N-dealkylation sites (tertiary alicyclic amines) is 1. The van der Waals surface area contributed by atoms with Gasteiger partial charge in [-0.25, -0.2) is 0 Å². The van der Waals surface area contributed by atoms with Crippen LogP contribution in [0.5, 0.6) is 0 Å². The molecule has 0 amide bonds. The largest absolute Gasteiger partial charge is 0.371 e. The highest BCUT2D eigenvalue weighted by atomic mass is 16.3. The molecule has 1 unspecified atom stereocenters. The first-order chi connectivity index (χ1) is 7.77. The first kappa shape index (κ1) is 11.6. The van der Waals surface area contributed by atoms with Crippen molar-refractivity contribution in [1.29, 1.82) is 0 Å². The van der Waals surface area contributed by atoms with Gasteiger partial charge in [0.15, 0.2) is 0 Å². The zero-order valence-corrected chi connectivity index (χ0v) is 10.0. The van der Waals surface area contributed by atoms with Crippen molar-refractivity contribution in [2.45, 2.75) is 38.3 Å². The summed E-state index contributed by atoms with van der Waals surface area (Å²) in [7, 11) is 0. The van der Waals surface area contributed by atoms with Crippen molar-refractivity contribution >= 4 is 0 Å². The molecule has 2 heteroatoms. The maximum Gasteiger partial charge on any atom is 0.144 e. The second-order valence-electron chi connectivity index (χ2n) is 4.58. The third kappa shape index (κ3) is 2.13. The molecule has 1 saturated heterocycles. The van der Waals surface area contributed by atoms with Crippen LogP contribution in [-0.2, 0) is 5.72 Å². The molecule has 1 heterocycles. The van der Waals surface area contributed by atoms with Crippen molar-refractivity contribution in [3.63, 3.8) is 0 Å². The van der Waals surface area contributed by atoms with E-state index >= 15 is 0 Å². The monoisotopic (exact) mass is 219 g/mol. The SMILES string of the molecule is CCC(O)(c1ccccc1)N1CCCCC1. The smallest absolute Gasteiger partial charge is 0.144 e. The maximum atomic E-state index is 10.8. The number of aliphatic hydroxyl groups is 1. The van der Waals surface area contributed by atoms with Gasteiger partial charge < -0.3 is 5.11 Å². The van der Waals surface area contributed by atoms with E-state index in [2.05, 4.69) is 11.8 Å². The summed E-state index contributed by atoms with van der Waals surface area (Å²) in [5, 5.41) is 10.8. The molecule has 0 saturated carbocycles. The van der Waals surface area contributed by atoms with E-state index in [1.807, 2.05) is 30.3 Å². The van der Waals surface area contributed by atoms with Gasteiger partial charge in [0.05, 0.1) is 0 Å². The van der Waals surface area contributed by atoms with Crippen LogP contribution in [0.3, 0.4) is 0 Å². The Morgan fingerprint density at radius 2 is 1.75 bits per heavy atom. The Morgan fingerprint density at radius 1 is 1.12 bits per heavy atom. The number of piperidine rings is 1. The van der Waals surface area contributed by atoms with Crippen LogP contribution < -0.4 is 0 Å². The van der Waals surface area contributed by atoms with Crippen LogP contribution in [0.1, 0.15) is 38.2 Å². The standard InChI is InChI=1S/C14H21NO/c1-2-14(16,13-9-5-3-6-10-13)15-11-7-4-8-12-15/h3,5-6,9-10,16H,2,4,7-8,11-12H2,1H3. The molecule has 0 spiro atoms. The molecule has 1 aromatic rings. The van der Waals surface area contributed by atoms with Gasteiger partial charge in [-0.3, -0.25) is 4.90 Å². The predicted octanol–water partition coefficient (Wildman–Crippen LogP) is 2.73. The molecule has 1 aliphatic heterocycles. The summed E-state index contributed by atoms with van der Waals surface area (Å²) in [4.78, 5) is 2.23. The third-order valence-electron chi connectivity index (χ3n) is 3.61. The van der Waals surface area contributed by atoms with E-state index in [0.29, 0.717) is 0 Å². The predicted molar refractivity (Wildman–Crippen MR) is 66.1 cm³/mol. The fraction of sp³-hybridized carbons (Fsp3) is 0.571. The molecular weight excluding hydrogens is 198 g/mol. The molecule has 16 heavy (non-hydrogen) atoms. The van der Waals surface area contributed by atoms with Gasteiger partial charge in [-0.2, -0.15) is 0 Å². The Kier molecular flexibility index (Phi) is 3.62. The second-order valence-corrected chi connectivity index (χ2v) is 4.58. The van der Waals surface area contributed by atoms with Crippen molar-refractivity contribution < 1.29 is 5.11 Å². The lowest BCUT2D eigenvalue weighted by Crippen LogP contribution is -2.48. The lowest BCUT2D eigenvalue weighted by Gasteiger charge is -2.41. The van der Waals surface area contributed by atoms with Crippen LogP contribution in [0.2, 0.25) is 0 Å². The number of benzene rings is 1. The Morgan fingerprint density at radius 3 is 2.31 bits per heavy atom. The highest BCUT2D eigenvalue weighted by molar-refractivity contribution is 5.21. The van der Waals surface area contributed by atoms with Crippen LogP contribution in [0.15, 0.2) is 30.3 Å². The van der Waals surface area contributed by atoms with E-state index in [1.54, 1.807) is 0 Å². The van der Waals surface area contributed by atoms with Crippen LogP contribution in [0, 0.1) is 0 Å². The lowest BCUT2D eigenvalue weighted by molar-refractivity contribution is -0.126. The normalized spacial score (nSPS) is 21.6. The van der Waals surface area contributed by atoms with E-state index < -0.39 is 5.72 Å². The van der Waals surface area contributed by atoms with E-state index in [0.717, 1.165) is 25.1 Å². The summed E-state index contributed by atoms with van der Waals surface area (Å²) in [6.07, 6.45) is 4.45. The molecule has 1 aromatic carbocycles. The first-order valence-corrected chi connectivity index (χ1v) is 6.30. The Hall–Kier alpha value is -0.860. The van der Waals surface area contributed by atoms with Crippen molar-refractivity contribution in [3.05, 3.63) is 35.9 Å². The minimum Gasteiger partial charge on any atom is -0.371 e. The summed E-state index contributed by atoms with van der Waals surface area (Å²) in [6.45, 7) is 4.08. The lowest BCUT2D eigenvalue weighted by atomic mass is 9.95. The number of hydrogen-bond donors (Lipinski definition) is 1. The zero-order chi connectivity index (χ0) is 11.4. The minimum absolute atomic E-state index is 0.747. The molecule has 0 bridgehead atoms. The quantitative estimate of drug-likeness (QED) is 0.845. The molecule has 0 aliphatic carbocycles. The summed E-state index contributed by atoms with van der Waals surface area (Å²) >= 11 is 0. The molecule has 2 nitrogen and oxygen atoms in total. The van der Waals surface area contributed by atoms with Crippen LogP contribution in [0.25, 0.3) is 0 Å². The van der Waals surface area contributed by atoms with E-state index in [1.165, 1.54) is 19.3 Å². The number of rotatable bonds is 3. The van der Waals surface area contributed by atoms with Crippen LogP contribution >= 0.6 is 0 Å². The number of hydrogen-bond acceptors (Lipinski definition) is 2. The average molecular weight is 219 g/mol. The maximum absolute atomic E-state index is 10.8. The molecule has 88 valence electrons. The molecule has 1 aliphatic rings. The molecular formula is C14H21NO. The van der Waals surface area contributed by atoms with E-state index in [9.17, 15) is 5.11 Å². The zero-order valence-electron chi connectivity index (χ0n) is 10.0. The summed E-state index contributed by atoms with van der Waals surface area (Å²) in [5.74, 6) is 0. The van der Waals surface area contributed by atoms with Gasteiger partial charge in [-0.15, -0.1) is 0 Å². The average Bonchev–Trinajstić information content (AvgIpc) is 2.40. The van der Waals surface area contributed by atoms with Gasteiger partial charge in [0.2, 0.25) is 0 Å². The van der Waals surface area contributed by atoms with Crippen molar-refractivity contribution in [2.75, 3.05) is 13.1 Å². The summed E-state index contributed by atoms with van der Waals surface area (Å²) in [5.41, 5.74) is 0.265. The topological polar surface area (TPSA) is 23.5 Å². The van der Waals surface area contributed by atoms with Gasteiger partial charge in [0.1, 0.15) is 5.72 Å². The van der Waals surface area contributed by atoms with E-state index in [4.69, 9.17) is 0 Å². The minimum atomic E-state index is -0.762. The van der Waals surface area contributed by atoms with Crippen molar-refractivity contribution in [2.24, 2.45) is 0 Å². The van der Waals surface area contributed by atoms with Crippen LogP contribution in [-0.4, -0.2) is 23.1 Å². The summed E-state index contributed by atoms with van der Waals surface area (Å²) in [6, 6.07) is 10.0. The molecule has 0 aromatic heterocycles. The van der Waals surface area contributed by atoms with Crippen molar-refractivity contribution in [1.82, 2.24) is 4.90 Å². The van der Waals surface area contributed by atoms with Gasteiger partial charge in [-0.1, -0.05) is 43.7 Å².